The normalized spacial score (nSPS) is 10.8. The van der Waals surface area contributed by atoms with Crippen molar-refractivity contribution in [1.29, 1.82) is 0 Å². The van der Waals surface area contributed by atoms with E-state index < -0.39 is 5.97 Å². The molecule has 0 bridgehead atoms. The molecule has 0 aliphatic carbocycles. The summed E-state index contributed by atoms with van der Waals surface area (Å²) in [6, 6.07) is 15.3. The lowest BCUT2D eigenvalue weighted by atomic mass is 9.92. The predicted octanol–water partition coefficient (Wildman–Crippen LogP) is 4.88. The highest BCUT2D eigenvalue weighted by Crippen LogP contribution is 2.32. The molecular formula is C23H29NO4. The zero-order valence-electron chi connectivity index (χ0n) is 17.0. The number of hydrogen-bond donors (Lipinski definition) is 1. The first-order chi connectivity index (χ1) is 13.4. The Morgan fingerprint density at radius 1 is 0.893 bits per heavy atom. The molecule has 0 aliphatic rings. The molecule has 1 N–H and O–H groups in total. The Kier molecular flexibility index (Phi) is 8.05. The number of esters is 1. The van der Waals surface area contributed by atoms with E-state index in [-0.39, 0.29) is 37.4 Å². The molecule has 0 saturated carbocycles. The Balaban J connectivity index is 1.86. The van der Waals surface area contributed by atoms with E-state index >= 15 is 0 Å². The van der Waals surface area contributed by atoms with Gasteiger partial charge >= 0.3 is 5.97 Å². The van der Waals surface area contributed by atoms with E-state index in [9.17, 15) is 9.59 Å². The monoisotopic (exact) mass is 383 g/mol. The van der Waals surface area contributed by atoms with Crippen LogP contribution in [0.5, 0.6) is 5.75 Å². The third kappa shape index (κ3) is 6.41. The maximum absolute atomic E-state index is 12.3. The number of rotatable bonds is 9. The molecule has 5 heteroatoms. The van der Waals surface area contributed by atoms with E-state index in [1.54, 1.807) is 0 Å². The van der Waals surface area contributed by atoms with E-state index in [1.807, 2.05) is 48.5 Å². The summed E-state index contributed by atoms with van der Waals surface area (Å²) in [5.74, 6) is 0.428. The van der Waals surface area contributed by atoms with Gasteiger partial charge in [0.2, 0.25) is 0 Å². The van der Waals surface area contributed by atoms with Gasteiger partial charge in [-0.15, -0.1) is 0 Å². The third-order valence-corrected chi connectivity index (χ3v) is 4.32. The minimum atomic E-state index is -0.465. The second-order valence-corrected chi connectivity index (χ2v) is 7.24. The molecule has 5 nitrogen and oxygen atoms in total. The molecule has 1 amide bonds. The standard InChI is InChI=1S/C23H29NO4/c1-16(2)19-11-8-12-20(17(3)4)23(19)24-21(25)15-28-22(26)13-14-27-18-9-6-5-7-10-18/h5-12,16-17H,13-15H2,1-4H3,(H,24,25). The van der Waals surface area contributed by atoms with Crippen molar-refractivity contribution in [3.8, 4) is 5.75 Å². The van der Waals surface area contributed by atoms with Crippen LogP contribution in [0.3, 0.4) is 0 Å². The summed E-state index contributed by atoms with van der Waals surface area (Å²) in [4.78, 5) is 24.2. The summed E-state index contributed by atoms with van der Waals surface area (Å²) < 4.78 is 10.5. The summed E-state index contributed by atoms with van der Waals surface area (Å²) >= 11 is 0. The number of amides is 1. The van der Waals surface area contributed by atoms with Crippen LogP contribution in [-0.4, -0.2) is 25.1 Å². The van der Waals surface area contributed by atoms with Crippen LogP contribution in [0.2, 0.25) is 0 Å². The number of hydrogen-bond acceptors (Lipinski definition) is 4. The first-order valence-electron chi connectivity index (χ1n) is 9.64. The molecule has 0 saturated heterocycles. The second-order valence-electron chi connectivity index (χ2n) is 7.24. The molecule has 2 aromatic rings. The molecular weight excluding hydrogens is 354 g/mol. The molecule has 0 aliphatic heterocycles. The van der Waals surface area contributed by atoms with E-state index in [1.165, 1.54) is 0 Å². The Bertz CT molecular complexity index is 758. The van der Waals surface area contributed by atoms with E-state index in [4.69, 9.17) is 9.47 Å². The fourth-order valence-electron chi connectivity index (χ4n) is 2.86. The minimum Gasteiger partial charge on any atom is -0.493 e. The lowest BCUT2D eigenvalue weighted by molar-refractivity contribution is -0.147. The quantitative estimate of drug-likeness (QED) is 0.627. The van der Waals surface area contributed by atoms with Crippen molar-refractivity contribution in [3.63, 3.8) is 0 Å². The molecule has 2 rings (SSSR count). The molecule has 2 aromatic carbocycles. The Labute approximate surface area is 167 Å². The summed E-state index contributed by atoms with van der Waals surface area (Å²) in [6.45, 7) is 8.24. The van der Waals surface area contributed by atoms with Crippen LogP contribution in [0.1, 0.15) is 57.1 Å². The van der Waals surface area contributed by atoms with Crippen molar-refractivity contribution in [1.82, 2.24) is 0 Å². The molecule has 0 radical (unpaired) electrons. The SMILES string of the molecule is CC(C)c1cccc(C(C)C)c1NC(=O)COC(=O)CCOc1ccccc1. The molecule has 0 spiro atoms. The third-order valence-electron chi connectivity index (χ3n) is 4.32. The van der Waals surface area contributed by atoms with Gasteiger partial charge in [-0.2, -0.15) is 0 Å². The van der Waals surface area contributed by atoms with Gasteiger partial charge in [0.25, 0.3) is 5.91 Å². The average molecular weight is 383 g/mol. The van der Waals surface area contributed by atoms with E-state index in [2.05, 4.69) is 33.0 Å². The van der Waals surface area contributed by atoms with Gasteiger partial charge in [0.15, 0.2) is 6.61 Å². The zero-order chi connectivity index (χ0) is 20.5. The van der Waals surface area contributed by atoms with Gasteiger partial charge in [0, 0.05) is 5.69 Å². The van der Waals surface area contributed by atoms with E-state index in [0.717, 1.165) is 16.8 Å². The number of para-hydroxylation sites is 2. The molecule has 0 heterocycles. The second kappa shape index (κ2) is 10.5. The average Bonchev–Trinajstić information content (AvgIpc) is 2.67. The summed E-state index contributed by atoms with van der Waals surface area (Å²) in [7, 11) is 0. The van der Waals surface area contributed by atoms with Gasteiger partial charge in [0.05, 0.1) is 13.0 Å². The van der Waals surface area contributed by atoms with Gasteiger partial charge in [-0.25, -0.2) is 0 Å². The van der Waals surface area contributed by atoms with Gasteiger partial charge in [-0.05, 0) is 35.1 Å². The van der Waals surface area contributed by atoms with Crippen LogP contribution in [0, 0.1) is 0 Å². The van der Waals surface area contributed by atoms with Crippen molar-refractivity contribution in [2.45, 2.75) is 46.0 Å². The van der Waals surface area contributed by atoms with Crippen molar-refractivity contribution < 1.29 is 19.1 Å². The fourth-order valence-corrected chi connectivity index (χ4v) is 2.86. The van der Waals surface area contributed by atoms with Crippen molar-refractivity contribution in [2.75, 3.05) is 18.5 Å². The van der Waals surface area contributed by atoms with Crippen molar-refractivity contribution in [2.24, 2.45) is 0 Å². The largest absolute Gasteiger partial charge is 0.493 e. The number of ether oxygens (including phenoxy) is 2. The number of carbonyl (C=O) groups excluding carboxylic acids is 2. The number of nitrogens with one attached hydrogen (secondary N) is 1. The number of benzene rings is 2. The topological polar surface area (TPSA) is 64.6 Å². The lowest BCUT2D eigenvalue weighted by Crippen LogP contribution is -2.23. The summed E-state index contributed by atoms with van der Waals surface area (Å²) in [6.07, 6.45) is 0.0853. The van der Waals surface area contributed by atoms with Crippen molar-refractivity contribution >= 4 is 17.6 Å². The summed E-state index contributed by atoms with van der Waals surface area (Å²) in [5, 5.41) is 2.93. The van der Waals surface area contributed by atoms with Crippen LogP contribution in [-0.2, 0) is 14.3 Å². The zero-order valence-corrected chi connectivity index (χ0v) is 17.0. The maximum Gasteiger partial charge on any atom is 0.309 e. The van der Waals surface area contributed by atoms with Crippen LogP contribution in [0.25, 0.3) is 0 Å². The lowest BCUT2D eigenvalue weighted by Gasteiger charge is -2.20. The van der Waals surface area contributed by atoms with E-state index in [0.29, 0.717) is 5.75 Å². The molecule has 0 unspecified atom stereocenters. The number of carbonyl (C=O) groups is 2. The molecule has 150 valence electrons. The van der Waals surface area contributed by atoms with Gasteiger partial charge < -0.3 is 14.8 Å². The first-order valence-corrected chi connectivity index (χ1v) is 9.64. The summed E-state index contributed by atoms with van der Waals surface area (Å²) in [5.41, 5.74) is 2.96. The Morgan fingerprint density at radius 2 is 1.50 bits per heavy atom. The molecule has 0 aromatic heterocycles. The van der Waals surface area contributed by atoms with Crippen LogP contribution >= 0.6 is 0 Å². The Morgan fingerprint density at radius 3 is 2.07 bits per heavy atom. The first kappa shape index (κ1) is 21.5. The van der Waals surface area contributed by atoms with Gasteiger partial charge in [-0.3, -0.25) is 9.59 Å². The Hall–Kier alpha value is -2.82. The van der Waals surface area contributed by atoms with Crippen LogP contribution < -0.4 is 10.1 Å². The predicted molar refractivity (Wildman–Crippen MR) is 111 cm³/mol. The smallest absolute Gasteiger partial charge is 0.309 e. The van der Waals surface area contributed by atoms with Gasteiger partial charge in [0.1, 0.15) is 5.75 Å². The van der Waals surface area contributed by atoms with Crippen LogP contribution in [0.15, 0.2) is 48.5 Å². The highest BCUT2D eigenvalue weighted by Gasteiger charge is 2.16. The maximum atomic E-state index is 12.3. The minimum absolute atomic E-state index is 0.0853. The molecule has 0 atom stereocenters. The van der Waals surface area contributed by atoms with Gasteiger partial charge in [-0.1, -0.05) is 64.1 Å². The highest BCUT2D eigenvalue weighted by molar-refractivity contribution is 5.94. The highest BCUT2D eigenvalue weighted by atomic mass is 16.5. The van der Waals surface area contributed by atoms with Crippen molar-refractivity contribution in [3.05, 3.63) is 59.7 Å². The molecule has 0 fully saturated rings. The number of anilines is 1. The van der Waals surface area contributed by atoms with Crippen LogP contribution in [0.4, 0.5) is 5.69 Å². The molecule has 28 heavy (non-hydrogen) atoms. The fraction of sp³-hybridized carbons (Fsp3) is 0.391.